The summed E-state index contributed by atoms with van der Waals surface area (Å²) in [5, 5.41) is 21.2. The highest BCUT2D eigenvalue weighted by Gasteiger charge is 2.51. The number of hydrogen-bond donors (Lipinski definition) is 1. The highest BCUT2D eigenvalue weighted by atomic mass is 32.1. The molecule has 32 heavy (non-hydrogen) atoms. The number of aromatic nitrogens is 1. The number of anilines is 1. The van der Waals surface area contributed by atoms with Gasteiger partial charge in [-0.05, 0) is 29.2 Å². The first-order valence-electron chi connectivity index (χ1n) is 10.7. The predicted molar refractivity (Wildman–Crippen MR) is 130 cm³/mol. The van der Waals surface area contributed by atoms with E-state index in [4.69, 9.17) is 0 Å². The molecule has 1 saturated heterocycles. The molecular formula is C27H23N3OS. The van der Waals surface area contributed by atoms with E-state index in [2.05, 4.69) is 66.5 Å². The lowest BCUT2D eigenvalue weighted by molar-refractivity contribution is 0.188. The molecule has 0 unspecified atom stereocenters. The number of aryl methyl sites for hydroxylation is 1. The lowest BCUT2D eigenvalue weighted by atomic mass is 9.74. The summed E-state index contributed by atoms with van der Waals surface area (Å²) in [7, 11) is 0. The Hall–Kier alpha value is -3.46. The maximum Gasteiger partial charge on any atom is 0.187 e. The first-order chi connectivity index (χ1) is 15.7. The highest BCUT2D eigenvalue weighted by Crippen LogP contribution is 2.47. The van der Waals surface area contributed by atoms with Gasteiger partial charge in [-0.25, -0.2) is 4.98 Å². The van der Waals surface area contributed by atoms with Gasteiger partial charge in [0.2, 0.25) is 0 Å². The van der Waals surface area contributed by atoms with E-state index in [0.29, 0.717) is 0 Å². The number of aliphatic hydroxyl groups excluding tert-OH is 1. The molecule has 5 heteroatoms. The van der Waals surface area contributed by atoms with Gasteiger partial charge >= 0.3 is 0 Å². The van der Waals surface area contributed by atoms with Crippen LogP contribution in [0.2, 0.25) is 0 Å². The first kappa shape index (κ1) is 20.4. The molecular weight excluding hydrogens is 414 g/mol. The Bertz CT molecular complexity index is 1260. The van der Waals surface area contributed by atoms with Crippen molar-refractivity contribution in [2.24, 2.45) is 0 Å². The minimum Gasteiger partial charge on any atom is -0.394 e. The van der Waals surface area contributed by atoms with Crippen molar-refractivity contribution >= 4 is 16.5 Å². The van der Waals surface area contributed by atoms with Crippen LogP contribution < -0.4 is 4.90 Å². The van der Waals surface area contributed by atoms with Crippen LogP contribution in [0.4, 0.5) is 5.13 Å². The summed E-state index contributed by atoms with van der Waals surface area (Å²) < 4.78 is 0. The van der Waals surface area contributed by atoms with Crippen LogP contribution in [-0.4, -0.2) is 28.8 Å². The molecule has 1 aromatic heterocycles. The maximum absolute atomic E-state index is 10.3. The molecule has 2 heterocycles. The van der Waals surface area contributed by atoms with Crippen LogP contribution in [-0.2, 0) is 0 Å². The van der Waals surface area contributed by atoms with Gasteiger partial charge in [-0.2, -0.15) is 5.26 Å². The summed E-state index contributed by atoms with van der Waals surface area (Å²) in [5.74, 6) is -0.0911. The van der Waals surface area contributed by atoms with E-state index in [1.807, 2.05) is 41.4 Å². The quantitative estimate of drug-likeness (QED) is 0.439. The number of aliphatic hydroxyl groups is 1. The van der Waals surface area contributed by atoms with Crippen LogP contribution >= 0.6 is 11.3 Å². The highest BCUT2D eigenvalue weighted by molar-refractivity contribution is 7.18. The van der Waals surface area contributed by atoms with Gasteiger partial charge in [0.1, 0.15) is 6.04 Å². The number of hydrogen-bond acceptors (Lipinski definition) is 5. The second-order valence-electron chi connectivity index (χ2n) is 8.08. The number of benzene rings is 3. The Morgan fingerprint density at radius 2 is 1.69 bits per heavy atom. The second-order valence-corrected chi connectivity index (χ2v) is 9.09. The Morgan fingerprint density at radius 1 is 0.969 bits per heavy atom. The molecule has 5 rings (SSSR count). The van der Waals surface area contributed by atoms with Gasteiger partial charge in [0, 0.05) is 12.1 Å². The minimum atomic E-state index is -0.381. The van der Waals surface area contributed by atoms with Crippen molar-refractivity contribution in [3.8, 4) is 27.6 Å². The Morgan fingerprint density at radius 3 is 2.41 bits per heavy atom. The van der Waals surface area contributed by atoms with E-state index in [0.717, 1.165) is 32.3 Å². The molecule has 1 aliphatic rings. The monoisotopic (exact) mass is 437 g/mol. The van der Waals surface area contributed by atoms with E-state index in [1.54, 1.807) is 11.3 Å². The normalized spacial score (nSPS) is 19.9. The molecule has 0 spiro atoms. The summed E-state index contributed by atoms with van der Waals surface area (Å²) in [6.07, 6.45) is 1.85. The third-order valence-corrected chi connectivity index (χ3v) is 7.25. The van der Waals surface area contributed by atoms with Crippen LogP contribution in [0.25, 0.3) is 21.6 Å². The standard InChI is InChI=1S/C27H23N3OS/c1-18-11-13-19(14-12-18)21-9-5-6-10-22(21)26-23(15-28)30(24(26)17-31)27-29-16-25(32-27)20-7-3-2-4-8-20/h2-14,16,23-24,26,31H,17H2,1H3/t23-,24-,26+/m1/s1. The average Bonchev–Trinajstić information content (AvgIpc) is 3.30. The fraction of sp³-hybridized carbons (Fsp3) is 0.185. The van der Waals surface area contributed by atoms with Crippen LogP contribution in [0, 0.1) is 18.3 Å². The van der Waals surface area contributed by atoms with E-state index >= 15 is 0 Å². The zero-order valence-electron chi connectivity index (χ0n) is 17.7. The molecule has 4 nitrogen and oxygen atoms in total. The fourth-order valence-corrected chi connectivity index (χ4v) is 5.56. The number of thiazole rings is 1. The topological polar surface area (TPSA) is 60.2 Å². The molecule has 1 aliphatic heterocycles. The number of rotatable bonds is 5. The van der Waals surface area contributed by atoms with Gasteiger partial charge in [-0.3, -0.25) is 0 Å². The molecule has 0 radical (unpaired) electrons. The number of nitrogens with zero attached hydrogens (tertiary/aromatic N) is 3. The maximum atomic E-state index is 10.3. The minimum absolute atomic E-state index is 0.0364. The summed E-state index contributed by atoms with van der Waals surface area (Å²) in [6.45, 7) is 2.04. The van der Waals surface area contributed by atoms with Gasteiger partial charge in [-0.15, -0.1) is 0 Å². The molecule has 1 fully saturated rings. The zero-order chi connectivity index (χ0) is 22.1. The fourth-order valence-electron chi connectivity index (χ4n) is 4.55. The van der Waals surface area contributed by atoms with Crippen molar-refractivity contribution < 1.29 is 5.11 Å². The van der Waals surface area contributed by atoms with Crippen molar-refractivity contribution in [2.45, 2.75) is 24.9 Å². The first-order valence-corrected chi connectivity index (χ1v) is 11.5. The van der Waals surface area contributed by atoms with Crippen molar-refractivity contribution in [3.63, 3.8) is 0 Å². The van der Waals surface area contributed by atoms with Crippen molar-refractivity contribution in [1.29, 1.82) is 5.26 Å². The Labute approximate surface area is 192 Å². The summed E-state index contributed by atoms with van der Waals surface area (Å²) in [6, 6.07) is 28.7. The van der Waals surface area contributed by atoms with Gasteiger partial charge in [-0.1, -0.05) is 95.8 Å². The lowest BCUT2D eigenvalue weighted by Gasteiger charge is -2.52. The van der Waals surface area contributed by atoms with Crippen LogP contribution in [0.3, 0.4) is 0 Å². The van der Waals surface area contributed by atoms with Crippen LogP contribution in [0.1, 0.15) is 17.0 Å². The molecule has 3 aromatic carbocycles. The molecule has 0 saturated carbocycles. The molecule has 0 amide bonds. The van der Waals surface area contributed by atoms with Crippen molar-refractivity contribution in [1.82, 2.24) is 4.98 Å². The molecule has 0 aliphatic carbocycles. The number of nitriles is 1. The predicted octanol–water partition coefficient (Wildman–Crippen LogP) is 5.64. The van der Waals surface area contributed by atoms with Gasteiger partial charge in [0.15, 0.2) is 5.13 Å². The van der Waals surface area contributed by atoms with Crippen molar-refractivity contribution in [2.75, 3.05) is 11.5 Å². The SMILES string of the molecule is Cc1ccc(-c2ccccc2[C@H]2[C@@H](C#N)N(c3ncc(-c4ccccc4)s3)[C@@H]2CO)cc1. The van der Waals surface area contributed by atoms with Crippen LogP contribution in [0.5, 0.6) is 0 Å². The third-order valence-electron chi connectivity index (χ3n) is 6.19. The van der Waals surface area contributed by atoms with E-state index in [9.17, 15) is 10.4 Å². The van der Waals surface area contributed by atoms with Gasteiger partial charge in [0.05, 0.1) is 23.6 Å². The molecule has 0 bridgehead atoms. The summed E-state index contributed by atoms with van der Waals surface area (Å²) in [4.78, 5) is 7.64. The smallest absolute Gasteiger partial charge is 0.187 e. The third kappa shape index (κ3) is 3.48. The molecule has 3 atom stereocenters. The van der Waals surface area contributed by atoms with Crippen LogP contribution in [0.15, 0.2) is 85.1 Å². The largest absolute Gasteiger partial charge is 0.394 e. The summed E-state index contributed by atoms with van der Waals surface area (Å²) >= 11 is 1.56. The molecule has 1 N–H and O–H groups in total. The van der Waals surface area contributed by atoms with E-state index < -0.39 is 0 Å². The summed E-state index contributed by atoms with van der Waals surface area (Å²) in [5.41, 5.74) is 5.64. The van der Waals surface area contributed by atoms with Gasteiger partial charge in [0.25, 0.3) is 0 Å². The molecule has 158 valence electrons. The van der Waals surface area contributed by atoms with E-state index in [1.165, 1.54) is 5.56 Å². The zero-order valence-corrected chi connectivity index (χ0v) is 18.5. The van der Waals surface area contributed by atoms with E-state index in [-0.39, 0.29) is 24.6 Å². The lowest BCUT2D eigenvalue weighted by Crippen LogP contribution is -2.63. The van der Waals surface area contributed by atoms with Crippen molar-refractivity contribution in [3.05, 3.63) is 96.2 Å². The Kier molecular flexibility index (Phi) is 5.48. The Balaban J connectivity index is 1.50. The second kappa shape index (κ2) is 8.58. The van der Waals surface area contributed by atoms with Gasteiger partial charge < -0.3 is 10.0 Å². The molecule has 4 aromatic rings. The average molecular weight is 438 g/mol.